The van der Waals surface area contributed by atoms with Gasteiger partial charge in [0.25, 0.3) is 0 Å². The number of methoxy groups -OCH3 is 2. The number of rotatable bonds is 10. The third-order valence-corrected chi connectivity index (χ3v) is 2.83. The molecule has 1 atom stereocenters. The molecule has 1 N–H and O–H groups in total. The summed E-state index contributed by atoms with van der Waals surface area (Å²) >= 11 is 0. The van der Waals surface area contributed by atoms with Gasteiger partial charge in [-0.05, 0) is 5.56 Å². The molecule has 0 amide bonds. The first-order valence-corrected chi connectivity index (χ1v) is 6.52. The van der Waals surface area contributed by atoms with Gasteiger partial charge in [0.05, 0.1) is 12.7 Å². The molecule has 0 saturated heterocycles. The molecule has 1 aromatic carbocycles. The summed E-state index contributed by atoms with van der Waals surface area (Å²) < 4.78 is 15.2. The molecule has 0 bridgehead atoms. The van der Waals surface area contributed by atoms with E-state index in [1.807, 2.05) is 30.3 Å². The van der Waals surface area contributed by atoms with Crippen LogP contribution in [0, 0.1) is 0 Å². The molecule has 0 spiro atoms. The van der Waals surface area contributed by atoms with Crippen LogP contribution in [0.1, 0.15) is 18.4 Å². The van der Waals surface area contributed by atoms with Gasteiger partial charge in [0.1, 0.15) is 6.61 Å². The average Bonchev–Trinajstić information content (AvgIpc) is 2.45. The van der Waals surface area contributed by atoms with Gasteiger partial charge >= 0.3 is 0 Å². The highest BCUT2D eigenvalue weighted by atomic mass is 16.7. The average molecular weight is 282 g/mol. The first-order chi connectivity index (χ1) is 9.65. The molecule has 0 aliphatic heterocycles. The van der Waals surface area contributed by atoms with Crippen molar-refractivity contribution >= 4 is 5.78 Å². The summed E-state index contributed by atoms with van der Waals surface area (Å²) in [6.45, 7) is 0.387. The van der Waals surface area contributed by atoms with Crippen molar-refractivity contribution in [3.05, 3.63) is 35.9 Å². The summed E-state index contributed by atoms with van der Waals surface area (Å²) in [6, 6.07) is 9.62. The Morgan fingerprint density at radius 3 is 2.45 bits per heavy atom. The fraction of sp³-hybridized carbons (Fsp3) is 0.533. The molecule has 20 heavy (non-hydrogen) atoms. The minimum absolute atomic E-state index is 0.00339. The van der Waals surface area contributed by atoms with Gasteiger partial charge in [0.15, 0.2) is 12.1 Å². The summed E-state index contributed by atoms with van der Waals surface area (Å²) in [6.07, 6.45) is -0.981. The van der Waals surface area contributed by atoms with Crippen LogP contribution in [0.2, 0.25) is 0 Å². The molecule has 0 aromatic heterocycles. The monoisotopic (exact) mass is 282 g/mol. The minimum Gasteiger partial charge on any atom is -0.392 e. The number of aliphatic hydroxyl groups is 1. The van der Waals surface area contributed by atoms with Crippen molar-refractivity contribution in [2.45, 2.75) is 31.8 Å². The van der Waals surface area contributed by atoms with Gasteiger partial charge in [-0.15, -0.1) is 0 Å². The number of hydrogen-bond donors (Lipinski definition) is 1. The van der Waals surface area contributed by atoms with E-state index in [9.17, 15) is 9.90 Å². The van der Waals surface area contributed by atoms with E-state index >= 15 is 0 Å². The second-order valence-electron chi connectivity index (χ2n) is 4.51. The maximum Gasteiger partial charge on any atom is 0.161 e. The first-order valence-electron chi connectivity index (χ1n) is 6.52. The van der Waals surface area contributed by atoms with Crippen molar-refractivity contribution in [3.63, 3.8) is 0 Å². The lowest BCUT2D eigenvalue weighted by Crippen LogP contribution is -2.24. The van der Waals surface area contributed by atoms with Crippen molar-refractivity contribution in [2.75, 3.05) is 20.8 Å². The number of ether oxygens (including phenoxy) is 3. The molecular formula is C15H22O5. The van der Waals surface area contributed by atoms with Crippen molar-refractivity contribution in [3.8, 4) is 0 Å². The number of aliphatic hydroxyl groups excluding tert-OH is 1. The smallest absolute Gasteiger partial charge is 0.161 e. The Morgan fingerprint density at radius 1 is 1.20 bits per heavy atom. The molecule has 112 valence electrons. The van der Waals surface area contributed by atoms with E-state index in [1.54, 1.807) is 0 Å². The number of carbonyl (C=O) groups is 1. The molecule has 0 aliphatic carbocycles. The van der Waals surface area contributed by atoms with E-state index in [0.29, 0.717) is 6.61 Å². The topological polar surface area (TPSA) is 65.0 Å². The fourth-order valence-corrected chi connectivity index (χ4v) is 1.77. The largest absolute Gasteiger partial charge is 0.392 e. The molecule has 0 fully saturated rings. The lowest BCUT2D eigenvalue weighted by molar-refractivity contribution is -0.134. The third-order valence-electron chi connectivity index (χ3n) is 2.83. The van der Waals surface area contributed by atoms with Gasteiger partial charge in [0.2, 0.25) is 0 Å². The number of benzene rings is 1. The molecule has 0 saturated carbocycles. The van der Waals surface area contributed by atoms with Crippen LogP contribution in [0.25, 0.3) is 0 Å². The predicted octanol–water partition coefficient (Wildman–Crippen LogP) is 1.53. The van der Waals surface area contributed by atoms with Gasteiger partial charge in [0, 0.05) is 27.1 Å². The Hall–Kier alpha value is -1.27. The van der Waals surface area contributed by atoms with Crippen molar-refractivity contribution in [1.29, 1.82) is 0 Å². The molecule has 5 nitrogen and oxygen atoms in total. The predicted molar refractivity (Wildman–Crippen MR) is 74.2 cm³/mol. The molecule has 1 rings (SSSR count). The number of hydrogen-bond acceptors (Lipinski definition) is 5. The van der Waals surface area contributed by atoms with Gasteiger partial charge in [-0.3, -0.25) is 4.79 Å². The second-order valence-corrected chi connectivity index (χ2v) is 4.51. The van der Waals surface area contributed by atoms with E-state index in [-0.39, 0.29) is 25.2 Å². The van der Waals surface area contributed by atoms with Crippen LogP contribution in [0.15, 0.2) is 30.3 Å². The van der Waals surface area contributed by atoms with Crippen molar-refractivity contribution in [1.82, 2.24) is 0 Å². The first kappa shape index (κ1) is 16.8. The number of carbonyl (C=O) groups excluding carboxylic acids is 1. The lowest BCUT2D eigenvalue weighted by atomic mass is 10.1. The summed E-state index contributed by atoms with van der Waals surface area (Å²) in [5, 5.41) is 9.73. The van der Waals surface area contributed by atoms with E-state index < -0.39 is 12.4 Å². The molecule has 0 aliphatic rings. The van der Waals surface area contributed by atoms with Gasteiger partial charge < -0.3 is 19.3 Å². The van der Waals surface area contributed by atoms with Crippen LogP contribution in [-0.4, -0.2) is 44.1 Å². The summed E-state index contributed by atoms with van der Waals surface area (Å²) in [7, 11) is 2.98. The van der Waals surface area contributed by atoms with Crippen molar-refractivity contribution < 1.29 is 24.1 Å². The van der Waals surface area contributed by atoms with E-state index in [2.05, 4.69) is 0 Å². The Morgan fingerprint density at radius 2 is 1.85 bits per heavy atom. The van der Waals surface area contributed by atoms with Crippen LogP contribution in [0.5, 0.6) is 0 Å². The van der Waals surface area contributed by atoms with Crippen LogP contribution in [-0.2, 0) is 25.6 Å². The van der Waals surface area contributed by atoms with Gasteiger partial charge in [-0.2, -0.15) is 0 Å². The minimum atomic E-state index is -0.785. The van der Waals surface area contributed by atoms with Crippen LogP contribution in [0.4, 0.5) is 0 Å². The van der Waals surface area contributed by atoms with Crippen molar-refractivity contribution in [2.24, 2.45) is 0 Å². The molecular weight excluding hydrogens is 260 g/mol. The molecule has 1 aromatic rings. The standard InChI is InChI=1S/C15H22O5/c1-18-15(19-2)9-13(16)8-14(17)11-20-10-12-6-4-3-5-7-12/h3-7,13,15-16H,8-11H2,1-2H3/t13-/m0/s1. The Labute approximate surface area is 119 Å². The van der Waals surface area contributed by atoms with E-state index in [4.69, 9.17) is 14.2 Å². The molecule has 0 unspecified atom stereocenters. The highest BCUT2D eigenvalue weighted by Gasteiger charge is 2.16. The number of Topliss-reactive ketones (excluding diaryl/α,β-unsaturated/α-hetero) is 1. The highest BCUT2D eigenvalue weighted by molar-refractivity contribution is 5.80. The Bertz CT molecular complexity index is 375. The lowest BCUT2D eigenvalue weighted by Gasteiger charge is -2.17. The normalized spacial score (nSPS) is 12.6. The van der Waals surface area contributed by atoms with E-state index in [0.717, 1.165) is 5.56 Å². The van der Waals surface area contributed by atoms with Crippen LogP contribution in [0.3, 0.4) is 0 Å². The zero-order valence-electron chi connectivity index (χ0n) is 12.0. The molecule has 0 heterocycles. The Balaban J connectivity index is 2.19. The molecule has 5 heteroatoms. The summed E-state index contributed by atoms with van der Waals surface area (Å²) in [5.74, 6) is -0.139. The zero-order chi connectivity index (χ0) is 14.8. The maximum absolute atomic E-state index is 11.6. The van der Waals surface area contributed by atoms with Crippen LogP contribution >= 0.6 is 0 Å². The fourth-order valence-electron chi connectivity index (χ4n) is 1.77. The second kappa shape index (κ2) is 9.61. The zero-order valence-corrected chi connectivity index (χ0v) is 12.0. The SMILES string of the molecule is COC(C[C@@H](O)CC(=O)COCc1ccccc1)OC. The van der Waals surface area contributed by atoms with Gasteiger partial charge in [-0.25, -0.2) is 0 Å². The quantitative estimate of drug-likeness (QED) is 0.659. The summed E-state index contributed by atoms with van der Waals surface area (Å²) in [4.78, 5) is 11.6. The highest BCUT2D eigenvalue weighted by Crippen LogP contribution is 2.07. The summed E-state index contributed by atoms with van der Waals surface area (Å²) in [5.41, 5.74) is 1.01. The molecule has 0 radical (unpaired) electrons. The maximum atomic E-state index is 11.6. The van der Waals surface area contributed by atoms with Gasteiger partial charge in [-0.1, -0.05) is 30.3 Å². The third kappa shape index (κ3) is 6.77. The van der Waals surface area contributed by atoms with Crippen LogP contribution < -0.4 is 0 Å². The van der Waals surface area contributed by atoms with E-state index in [1.165, 1.54) is 14.2 Å². The number of ketones is 1. The Kier molecular flexibility index (Phi) is 8.06.